The van der Waals surface area contributed by atoms with Crippen LogP contribution in [0, 0.1) is 5.92 Å². The van der Waals surface area contributed by atoms with Crippen molar-refractivity contribution >= 4 is 23.5 Å². The average molecular weight is 347 g/mol. The predicted molar refractivity (Wildman–Crippen MR) is 103 cm³/mol. The van der Waals surface area contributed by atoms with Crippen LogP contribution in [0.2, 0.25) is 0 Å². The van der Waals surface area contributed by atoms with Crippen LogP contribution < -0.4 is 0 Å². The molecule has 1 aromatic carbocycles. The molecule has 0 unspecified atom stereocenters. The Labute approximate surface area is 148 Å². The number of hydrogen-bond donors (Lipinski definition) is 0. The van der Waals surface area contributed by atoms with Crippen molar-refractivity contribution in [2.75, 3.05) is 11.5 Å². The molecule has 0 N–H and O–H groups in total. The van der Waals surface area contributed by atoms with Gasteiger partial charge in [0.15, 0.2) is 0 Å². The van der Waals surface area contributed by atoms with Gasteiger partial charge in [-0.25, -0.2) is 4.98 Å². The Hall–Kier alpha value is -0.870. The number of rotatable bonds is 6. The van der Waals surface area contributed by atoms with Crippen LogP contribution in [-0.4, -0.2) is 25.1 Å². The summed E-state index contributed by atoms with van der Waals surface area (Å²) in [5, 5.41) is 0. The Bertz CT molecular complexity index is 584. The molecule has 0 spiro atoms. The van der Waals surface area contributed by atoms with Gasteiger partial charge in [-0.3, -0.25) is 0 Å². The number of hydrogen-bond acceptors (Lipinski definition) is 3. The Morgan fingerprint density at radius 1 is 1.13 bits per heavy atom. The largest absolute Gasteiger partial charge is 0.335 e. The van der Waals surface area contributed by atoms with E-state index in [0.29, 0.717) is 0 Å². The molecular formula is C19H26N2S2. The molecule has 0 radical (unpaired) electrons. The molecule has 23 heavy (non-hydrogen) atoms. The van der Waals surface area contributed by atoms with Gasteiger partial charge in [-0.1, -0.05) is 44.5 Å². The van der Waals surface area contributed by atoms with Crippen molar-refractivity contribution in [1.82, 2.24) is 9.55 Å². The zero-order chi connectivity index (χ0) is 16.1. The van der Waals surface area contributed by atoms with E-state index in [4.69, 9.17) is 0 Å². The zero-order valence-electron chi connectivity index (χ0n) is 14.1. The van der Waals surface area contributed by atoms with E-state index < -0.39 is 0 Å². The van der Waals surface area contributed by atoms with E-state index >= 15 is 0 Å². The molecule has 1 aliphatic rings. The maximum atomic E-state index is 4.22. The van der Waals surface area contributed by atoms with Crippen molar-refractivity contribution < 1.29 is 0 Å². The molecule has 0 bridgehead atoms. The SMILES string of the molecule is CCc1ccc(CC2(Cn3ccnc3)SCC(CC)CS2)cc1. The standard InChI is InChI=1S/C19H26N2S2/c1-3-16-5-7-18(8-6-16)11-19(14-21-10-9-20-15-21)22-12-17(4-2)13-23-19/h5-10,15,17H,3-4,11-14H2,1-2H3. The first-order chi connectivity index (χ1) is 11.2. The minimum Gasteiger partial charge on any atom is -0.335 e. The fraction of sp³-hybridized carbons (Fsp3) is 0.526. The van der Waals surface area contributed by atoms with Crippen molar-refractivity contribution in [2.45, 2.75) is 43.7 Å². The van der Waals surface area contributed by atoms with E-state index in [1.165, 1.54) is 29.1 Å². The van der Waals surface area contributed by atoms with Gasteiger partial charge in [0.1, 0.15) is 0 Å². The van der Waals surface area contributed by atoms with Crippen molar-refractivity contribution in [3.05, 3.63) is 54.1 Å². The molecule has 0 amide bonds. The first-order valence-electron chi connectivity index (χ1n) is 8.54. The van der Waals surface area contributed by atoms with Gasteiger partial charge >= 0.3 is 0 Å². The van der Waals surface area contributed by atoms with E-state index in [-0.39, 0.29) is 4.08 Å². The lowest BCUT2D eigenvalue weighted by molar-refractivity contribution is 0.588. The summed E-state index contributed by atoms with van der Waals surface area (Å²) in [5.74, 6) is 3.43. The summed E-state index contributed by atoms with van der Waals surface area (Å²) in [6.45, 7) is 5.57. The maximum Gasteiger partial charge on any atom is 0.0946 e. The number of imidazole rings is 1. The Balaban J connectivity index is 1.76. The molecule has 4 heteroatoms. The van der Waals surface area contributed by atoms with Crippen molar-refractivity contribution in [3.8, 4) is 0 Å². The van der Waals surface area contributed by atoms with Gasteiger partial charge in [0.25, 0.3) is 0 Å². The number of aryl methyl sites for hydroxylation is 1. The molecule has 0 saturated carbocycles. The van der Waals surface area contributed by atoms with Crippen molar-refractivity contribution in [1.29, 1.82) is 0 Å². The third-order valence-corrected chi connectivity index (χ3v) is 8.21. The van der Waals surface area contributed by atoms with E-state index in [0.717, 1.165) is 25.3 Å². The van der Waals surface area contributed by atoms with Crippen molar-refractivity contribution in [3.63, 3.8) is 0 Å². The van der Waals surface area contributed by atoms with Gasteiger partial charge in [0.2, 0.25) is 0 Å². The van der Waals surface area contributed by atoms with E-state index in [2.05, 4.69) is 77.4 Å². The predicted octanol–water partition coefficient (Wildman–Crippen LogP) is 4.89. The molecule has 1 aromatic heterocycles. The highest BCUT2D eigenvalue weighted by Crippen LogP contribution is 2.48. The second-order valence-corrected chi connectivity index (χ2v) is 9.45. The summed E-state index contributed by atoms with van der Waals surface area (Å²) in [6.07, 6.45) is 9.47. The topological polar surface area (TPSA) is 17.8 Å². The van der Waals surface area contributed by atoms with E-state index in [1.54, 1.807) is 0 Å². The first kappa shape index (κ1) is 17.0. The average Bonchev–Trinajstić information content (AvgIpc) is 3.09. The second kappa shape index (κ2) is 7.80. The van der Waals surface area contributed by atoms with Gasteiger partial charge in [0, 0.05) is 18.9 Å². The minimum absolute atomic E-state index is 0.236. The van der Waals surface area contributed by atoms with Gasteiger partial charge < -0.3 is 4.57 Å². The first-order valence-corrected chi connectivity index (χ1v) is 10.5. The molecule has 2 aromatic rings. The van der Waals surface area contributed by atoms with Crippen LogP contribution in [0.1, 0.15) is 31.4 Å². The lowest BCUT2D eigenvalue weighted by Crippen LogP contribution is -2.35. The highest BCUT2D eigenvalue weighted by molar-refractivity contribution is 8.18. The third kappa shape index (κ3) is 4.36. The third-order valence-electron chi connectivity index (χ3n) is 4.63. The van der Waals surface area contributed by atoms with Crippen LogP contribution >= 0.6 is 23.5 Å². The molecule has 3 rings (SSSR count). The zero-order valence-corrected chi connectivity index (χ0v) is 15.7. The molecule has 0 atom stereocenters. The van der Waals surface area contributed by atoms with Gasteiger partial charge in [-0.15, -0.1) is 23.5 Å². The van der Waals surface area contributed by atoms with Crippen molar-refractivity contribution in [2.24, 2.45) is 5.92 Å². The minimum atomic E-state index is 0.236. The normalized spacial score (nSPS) is 24.7. The van der Waals surface area contributed by atoms with Gasteiger partial charge in [-0.2, -0.15) is 0 Å². The highest BCUT2D eigenvalue weighted by atomic mass is 32.2. The summed E-state index contributed by atoms with van der Waals surface area (Å²) < 4.78 is 2.48. The smallest absolute Gasteiger partial charge is 0.0946 e. The van der Waals surface area contributed by atoms with Crippen LogP contribution in [0.3, 0.4) is 0 Å². The number of nitrogens with zero attached hydrogens (tertiary/aromatic N) is 2. The molecule has 1 saturated heterocycles. The molecule has 2 heterocycles. The van der Waals surface area contributed by atoms with Crippen LogP contribution in [0.5, 0.6) is 0 Å². The second-order valence-electron chi connectivity index (χ2n) is 6.39. The van der Waals surface area contributed by atoms with Gasteiger partial charge in [0.05, 0.1) is 10.4 Å². The molecule has 2 nitrogen and oxygen atoms in total. The number of aromatic nitrogens is 2. The summed E-state index contributed by atoms with van der Waals surface area (Å²) in [4.78, 5) is 4.22. The van der Waals surface area contributed by atoms with Crippen LogP contribution in [0.25, 0.3) is 0 Å². The highest BCUT2D eigenvalue weighted by Gasteiger charge is 2.37. The quantitative estimate of drug-likeness (QED) is 0.741. The molecule has 1 aliphatic heterocycles. The molecule has 124 valence electrons. The summed E-state index contributed by atoms with van der Waals surface area (Å²) in [5.41, 5.74) is 2.88. The van der Waals surface area contributed by atoms with Gasteiger partial charge in [-0.05, 0) is 41.4 Å². The number of benzene rings is 1. The van der Waals surface area contributed by atoms with Crippen LogP contribution in [0.4, 0.5) is 0 Å². The molecule has 1 fully saturated rings. The molecule has 0 aliphatic carbocycles. The summed E-state index contributed by atoms with van der Waals surface area (Å²) in [7, 11) is 0. The Morgan fingerprint density at radius 3 is 2.39 bits per heavy atom. The fourth-order valence-electron chi connectivity index (χ4n) is 2.98. The van der Waals surface area contributed by atoms with E-state index in [1.807, 2.05) is 12.5 Å². The Kier molecular flexibility index (Phi) is 5.76. The number of thioether (sulfide) groups is 2. The Morgan fingerprint density at radius 2 is 1.83 bits per heavy atom. The summed E-state index contributed by atoms with van der Waals surface area (Å²) in [6, 6.07) is 9.21. The fourth-order valence-corrected chi connectivity index (χ4v) is 6.67. The summed E-state index contributed by atoms with van der Waals surface area (Å²) >= 11 is 4.32. The maximum absolute atomic E-state index is 4.22. The van der Waals surface area contributed by atoms with Crippen LogP contribution in [0.15, 0.2) is 43.0 Å². The van der Waals surface area contributed by atoms with Crippen LogP contribution in [-0.2, 0) is 19.4 Å². The lowest BCUT2D eigenvalue weighted by atomic mass is 10.1. The van der Waals surface area contributed by atoms with E-state index in [9.17, 15) is 0 Å². The molecular weight excluding hydrogens is 320 g/mol. The lowest BCUT2D eigenvalue weighted by Gasteiger charge is -2.39. The monoisotopic (exact) mass is 346 g/mol.